The lowest BCUT2D eigenvalue weighted by Gasteiger charge is -2.19. The van der Waals surface area contributed by atoms with Gasteiger partial charge in [-0.2, -0.15) is 0 Å². The predicted octanol–water partition coefficient (Wildman–Crippen LogP) is 4.59. The number of amides is 1. The molecule has 0 saturated carbocycles. The van der Waals surface area contributed by atoms with Gasteiger partial charge in [0.25, 0.3) is 5.91 Å². The van der Waals surface area contributed by atoms with E-state index in [1.54, 1.807) is 66.7 Å². The Morgan fingerprint density at radius 2 is 1.50 bits per heavy atom. The summed E-state index contributed by atoms with van der Waals surface area (Å²) < 4.78 is 11.0. The van der Waals surface area contributed by atoms with Gasteiger partial charge in [0.05, 0.1) is 5.56 Å². The quantitative estimate of drug-likeness (QED) is 0.658. The van der Waals surface area contributed by atoms with Crippen molar-refractivity contribution in [3.63, 3.8) is 0 Å². The minimum Gasteiger partial charge on any atom is -0.486 e. The van der Waals surface area contributed by atoms with E-state index in [1.807, 2.05) is 0 Å². The zero-order valence-electron chi connectivity index (χ0n) is 14.8. The highest BCUT2D eigenvalue weighted by molar-refractivity contribution is 6.30. The molecule has 0 unspecified atom stereocenters. The number of carbonyl (C=O) groups excluding carboxylic acids is 2. The molecule has 0 radical (unpaired) electrons. The van der Waals surface area contributed by atoms with Crippen LogP contribution in [0.4, 0.5) is 5.69 Å². The van der Waals surface area contributed by atoms with Crippen molar-refractivity contribution in [3.05, 3.63) is 88.4 Å². The van der Waals surface area contributed by atoms with Crippen LogP contribution in [-0.4, -0.2) is 24.9 Å². The van der Waals surface area contributed by atoms with Gasteiger partial charge in [-0.25, -0.2) is 0 Å². The van der Waals surface area contributed by atoms with E-state index in [0.717, 1.165) is 0 Å². The average Bonchev–Trinajstić information content (AvgIpc) is 2.73. The lowest BCUT2D eigenvalue weighted by atomic mass is 9.98. The molecule has 0 spiro atoms. The van der Waals surface area contributed by atoms with E-state index in [4.69, 9.17) is 21.1 Å². The van der Waals surface area contributed by atoms with Gasteiger partial charge in [0.2, 0.25) is 0 Å². The molecule has 1 aliphatic rings. The van der Waals surface area contributed by atoms with Crippen molar-refractivity contribution >= 4 is 29.0 Å². The summed E-state index contributed by atoms with van der Waals surface area (Å²) in [5.41, 5.74) is 1.63. The van der Waals surface area contributed by atoms with Crippen molar-refractivity contribution in [1.29, 1.82) is 0 Å². The summed E-state index contributed by atoms with van der Waals surface area (Å²) in [4.78, 5) is 25.7. The highest BCUT2D eigenvalue weighted by atomic mass is 35.5. The van der Waals surface area contributed by atoms with E-state index in [1.165, 1.54) is 0 Å². The van der Waals surface area contributed by atoms with E-state index in [-0.39, 0.29) is 17.3 Å². The number of carbonyl (C=O) groups is 2. The summed E-state index contributed by atoms with van der Waals surface area (Å²) in [6, 6.07) is 18.5. The molecular weight excluding hydrogens is 378 g/mol. The molecule has 5 nitrogen and oxygen atoms in total. The van der Waals surface area contributed by atoms with Crippen LogP contribution in [0.5, 0.6) is 11.5 Å². The second-order valence-corrected chi connectivity index (χ2v) is 6.63. The van der Waals surface area contributed by atoms with E-state index in [2.05, 4.69) is 5.32 Å². The lowest BCUT2D eigenvalue weighted by molar-refractivity contribution is 0.0996. The van der Waals surface area contributed by atoms with E-state index < -0.39 is 0 Å². The summed E-state index contributed by atoms with van der Waals surface area (Å²) in [5, 5.41) is 3.36. The summed E-state index contributed by atoms with van der Waals surface area (Å²) >= 11 is 5.89. The van der Waals surface area contributed by atoms with Crippen LogP contribution in [0.1, 0.15) is 26.3 Å². The molecule has 1 heterocycles. The van der Waals surface area contributed by atoms with Gasteiger partial charge in [0.15, 0.2) is 17.3 Å². The van der Waals surface area contributed by atoms with Crippen LogP contribution in [0.15, 0.2) is 66.7 Å². The van der Waals surface area contributed by atoms with Gasteiger partial charge in [-0.05, 0) is 42.5 Å². The SMILES string of the molecule is O=C(Nc1ccc2c(c1)OCCO2)c1ccccc1C(=O)c1ccc(Cl)cc1. The van der Waals surface area contributed by atoms with Gasteiger partial charge in [-0.1, -0.05) is 29.8 Å². The minimum absolute atomic E-state index is 0.246. The summed E-state index contributed by atoms with van der Waals surface area (Å²) in [6.07, 6.45) is 0. The maximum Gasteiger partial charge on any atom is 0.256 e. The number of benzene rings is 3. The van der Waals surface area contributed by atoms with Crippen molar-refractivity contribution in [1.82, 2.24) is 0 Å². The molecule has 1 N–H and O–H groups in total. The predicted molar refractivity (Wildman–Crippen MR) is 107 cm³/mol. The number of nitrogens with one attached hydrogen (secondary N) is 1. The van der Waals surface area contributed by atoms with Crippen LogP contribution in [0, 0.1) is 0 Å². The van der Waals surface area contributed by atoms with Crippen LogP contribution in [0.25, 0.3) is 0 Å². The van der Waals surface area contributed by atoms with Crippen LogP contribution in [-0.2, 0) is 0 Å². The first-order valence-corrected chi connectivity index (χ1v) is 9.10. The normalized spacial score (nSPS) is 12.3. The summed E-state index contributed by atoms with van der Waals surface area (Å²) in [5.74, 6) is 0.594. The molecule has 0 aliphatic carbocycles. The molecule has 0 bridgehead atoms. The Morgan fingerprint density at radius 1 is 0.821 bits per heavy atom. The third-order valence-electron chi connectivity index (χ3n) is 4.32. The molecule has 0 saturated heterocycles. The van der Waals surface area contributed by atoms with Gasteiger partial charge in [-0.3, -0.25) is 9.59 Å². The number of hydrogen-bond acceptors (Lipinski definition) is 4. The number of rotatable bonds is 4. The van der Waals surface area contributed by atoms with Crippen LogP contribution in [0.3, 0.4) is 0 Å². The Morgan fingerprint density at radius 3 is 2.25 bits per heavy atom. The number of anilines is 1. The van der Waals surface area contributed by atoms with Gasteiger partial charge in [-0.15, -0.1) is 0 Å². The number of ketones is 1. The molecule has 3 aromatic carbocycles. The highest BCUT2D eigenvalue weighted by Crippen LogP contribution is 2.32. The van der Waals surface area contributed by atoms with E-state index in [0.29, 0.717) is 46.5 Å². The zero-order valence-corrected chi connectivity index (χ0v) is 15.5. The second-order valence-electron chi connectivity index (χ2n) is 6.19. The molecular formula is C22H16ClNO4. The first kappa shape index (κ1) is 18.1. The first-order valence-electron chi connectivity index (χ1n) is 8.72. The van der Waals surface area contributed by atoms with Crippen molar-refractivity contribution in [2.75, 3.05) is 18.5 Å². The fraction of sp³-hybridized carbons (Fsp3) is 0.0909. The molecule has 0 atom stereocenters. The maximum absolute atomic E-state index is 12.9. The molecule has 0 aromatic heterocycles. The lowest BCUT2D eigenvalue weighted by Crippen LogP contribution is -2.18. The summed E-state index contributed by atoms with van der Waals surface area (Å²) in [6.45, 7) is 0.960. The molecule has 3 aromatic rings. The largest absolute Gasteiger partial charge is 0.486 e. The second kappa shape index (κ2) is 7.74. The first-order chi connectivity index (χ1) is 13.6. The fourth-order valence-electron chi connectivity index (χ4n) is 2.96. The Hall–Kier alpha value is -3.31. The summed E-state index contributed by atoms with van der Waals surface area (Å²) in [7, 11) is 0. The third-order valence-corrected chi connectivity index (χ3v) is 4.57. The molecule has 28 heavy (non-hydrogen) atoms. The Balaban J connectivity index is 1.60. The zero-order chi connectivity index (χ0) is 19.5. The molecule has 1 amide bonds. The molecule has 0 fully saturated rings. The van der Waals surface area contributed by atoms with Gasteiger partial charge in [0.1, 0.15) is 13.2 Å². The van der Waals surface area contributed by atoms with Gasteiger partial charge in [0, 0.05) is 27.9 Å². The van der Waals surface area contributed by atoms with Crippen molar-refractivity contribution in [2.24, 2.45) is 0 Å². The Labute approximate surface area is 166 Å². The van der Waals surface area contributed by atoms with Gasteiger partial charge >= 0.3 is 0 Å². The number of ether oxygens (including phenoxy) is 2. The minimum atomic E-state index is -0.380. The van der Waals surface area contributed by atoms with E-state index in [9.17, 15) is 9.59 Å². The highest BCUT2D eigenvalue weighted by Gasteiger charge is 2.19. The Bertz CT molecular complexity index is 1050. The maximum atomic E-state index is 12.9. The van der Waals surface area contributed by atoms with Crippen molar-refractivity contribution in [2.45, 2.75) is 0 Å². The monoisotopic (exact) mass is 393 g/mol. The Kier molecular flexibility index (Phi) is 5.00. The third kappa shape index (κ3) is 3.70. The van der Waals surface area contributed by atoms with Crippen molar-refractivity contribution < 1.29 is 19.1 Å². The molecule has 4 rings (SSSR count). The number of halogens is 1. The number of fused-ring (bicyclic) bond motifs is 1. The molecule has 6 heteroatoms. The average molecular weight is 394 g/mol. The van der Waals surface area contributed by atoms with E-state index >= 15 is 0 Å². The molecule has 1 aliphatic heterocycles. The topological polar surface area (TPSA) is 64.6 Å². The number of hydrogen-bond donors (Lipinski definition) is 1. The van der Waals surface area contributed by atoms with Crippen LogP contribution in [0.2, 0.25) is 5.02 Å². The van der Waals surface area contributed by atoms with Crippen LogP contribution >= 0.6 is 11.6 Å². The molecule has 140 valence electrons. The smallest absolute Gasteiger partial charge is 0.256 e. The fourth-order valence-corrected chi connectivity index (χ4v) is 3.08. The van der Waals surface area contributed by atoms with Gasteiger partial charge < -0.3 is 14.8 Å². The standard InChI is InChI=1S/C22H16ClNO4/c23-15-7-5-14(6-8-15)21(25)17-3-1-2-4-18(17)22(26)24-16-9-10-19-20(13-16)28-12-11-27-19/h1-10,13H,11-12H2,(H,24,26). The van der Waals surface area contributed by atoms with Crippen LogP contribution < -0.4 is 14.8 Å². The van der Waals surface area contributed by atoms with Crippen molar-refractivity contribution in [3.8, 4) is 11.5 Å².